The van der Waals surface area contributed by atoms with Crippen molar-refractivity contribution in [3.05, 3.63) is 36.2 Å². The highest BCUT2D eigenvalue weighted by molar-refractivity contribution is 7.92. The number of amides is 1. The smallest absolute Gasteiger partial charge is 0.265 e. The Balaban J connectivity index is 2.21. The third kappa shape index (κ3) is 3.64. The molecule has 2 rings (SSSR count). The molecule has 2 N–H and O–H groups in total. The van der Waals surface area contributed by atoms with Crippen molar-refractivity contribution in [2.45, 2.75) is 32.2 Å². The Bertz CT molecular complexity index is 779. The lowest BCUT2D eigenvalue weighted by atomic mass is 10.3. The molecule has 1 amide bonds. The van der Waals surface area contributed by atoms with Gasteiger partial charge in [0.15, 0.2) is 0 Å². The van der Waals surface area contributed by atoms with Gasteiger partial charge in [-0.2, -0.15) is 5.10 Å². The van der Waals surface area contributed by atoms with E-state index in [9.17, 15) is 13.2 Å². The first-order valence-corrected chi connectivity index (χ1v) is 8.24. The monoisotopic (exact) mass is 322 g/mol. The molecule has 0 atom stereocenters. The van der Waals surface area contributed by atoms with Gasteiger partial charge in [-0.05, 0) is 38.1 Å². The van der Waals surface area contributed by atoms with Crippen LogP contribution in [0.3, 0.4) is 0 Å². The van der Waals surface area contributed by atoms with E-state index in [0.717, 1.165) is 0 Å². The van der Waals surface area contributed by atoms with Crippen LogP contribution in [0.4, 0.5) is 11.4 Å². The Kier molecular flexibility index (Phi) is 4.51. The highest BCUT2D eigenvalue weighted by Crippen LogP contribution is 2.20. The normalized spacial score (nSPS) is 11.2. The van der Waals surface area contributed by atoms with Gasteiger partial charge in [0.05, 0.1) is 5.69 Å². The molecular weight excluding hydrogens is 304 g/mol. The van der Waals surface area contributed by atoms with Gasteiger partial charge in [0.25, 0.3) is 10.0 Å². The lowest BCUT2D eigenvalue weighted by Gasteiger charge is -2.08. The quantitative estimate of drug-likeness (QED) is 0.880. The molecule has 0 spiro atoms. The molecule has 0 aliphatic heterocycles. The van der Waals surface area contributed by atoms with Gasteiger partial charge < -0.3 is 5.32 Å². The topological polar surface area (TPSA) is 93.1 Å². The van der Waals surface area contributed by atoms with E-state index in [-0.39, 0.29) is 10.8 Å². The van der Waals surface area contributed by atoms with E-state index in [1.807, 2.05) is 6.92 Å². The maximum Gasteiger partial charge on any atom is 0.265 e. The molecule has 0 saturated carbocycles. The summed E-state index contributed by atoms with van der Waals surface area (Å²) < 4.78 is 28.8. The molecule has 0 bridgehead atoms. The van der Waals surface area contributed by atoms with Gasteiger partial charge in [0.1, 0.15) is 4.90 Å². The Labute approximate surface area is 129 Å². The van der Waals surface area contributed by atoms with Gasteiger partial charge in [-0.3, -0.25) is 14.2 Å². The molecule has 118 valence electrons. The van der Waals surface area contributed by atoms with Gasteiger partial charge in [-0.15, -0.1) is 0 Å². The molecule has 1 heterocycles. The third-order valence-corrected chi connectivity index (χ3v) is 4.46. The summed E-state index contributed by atoms with van der Waals surface area (Å²) in [5, 5.41) is 6.75. The highest BCUT2D eigenvalue weighted by atomic mass is 32.2. The van der Waals surface area contributed by atoms with Gasteiger partial charge in [0.2, 0.25) is 5.91 Å². The molecule has 7 nitrogen and oxygen atoms in total. The van der Waals surface area contributed by atoms with Gasteiger partial charge in [-0.25, -0.2) is 8.42 Å². The predicted octanol–water partition coefficient (Wildman–Crippen LogP) is 1.97. The number of rotatable bonds is 5. The van der Waals surface area contributed by atoms with Crippen molar-refractivity contribution in [2.24, 2.45) is 0 Å². The Morgan fingerprint density at radius 1 is 1.23 bits per heavy atom. The average molecular weight is 322 g/mol. The van der Waals surface area contributed by atoms with E-state index >= 15 is 0 Å². The van der Waals surface area contributed by atoms with E-state index in [0.29, 0.717) is 23.6 Å². The first-order chi connectivity index (χ1) is 10.3. The molecule has 1 aromatic carbocycles. The van der Waals surface area contributed by atoms with E-state index < -0.39 is 10.0 Å². The summed E-state index contributed by atoms with van der Waals surface area (Å²) in [5.41, 5.74) is 1.47. The SMILES string of the molecule is CCn1cc(S(=O)(=O)Nc2ccc(NC(C)=O)cc2)c(C)n1. The van der Waals surface area contributed by atoms with E-state index in [1.165, 1.54) is 13.1 Å². The zero-order chi connectivity index (χ0) is 16.3. The fraction of sp³-hybridized carbons (Fsp3) is 0.286. The van der Waals surface area contributed by atoms with Crippen molar-refractivity contribution in [3.63, 3.8) is 0 Å². The molecule has 22 heavy (non-hydrogen) atoms. The van der Waals surface area contributed by atoms with E-state index in [2.05, 4.69) is 15.1 Å². The minimum atomic E-state index is -3.69. The van der Waals surface area contributed by atoms with Crippen molar-refractivity contribution in [1.82, 2.24) is 9.78 Å². The minimum Gasteiger partial charge on any atom is -0.326 e. The van der Waals surface area contributed by atoms with Crippen molar-refractivity contribution in [2.75, 3.05) is 10.0 Å². The van der Waals surface area contributed by atoms with Gasteiger partial charge >= 0.3 is 0 Å². The number of sulfonamides is 1. The maximum atomic E-state index is 12.4. The fourth-order valence-corrected chi connectivity index (χ4v) is 3.21. The molecule has 0 saturated heterocycles. The molecule has 2 aromatic rings. The van der Waals surface area contributed by atoms with Gasteiger partial charge in [0, 0.05) is 31.0 Å². The lowest BCUT2D eigenvalue weighted by molar-refractivity contribution is -0.114. The molecule has 0 radical (unpaired) electrons. The fourth-order valence-electron chi connectivity index (χ4n) is 1.96. The molecule has 0 aliphatic rings. The second-order valence-electron chi connectivity index (χ2n) is 4.80. The van der Waals surface area contributed by atoms with Crippen LogP contribution in [-0.2, 0) is 21.4 Å². The molecule has 0 unspecified atom stereocenters. The van der Waals surface area contributed by atoms with E-state index in [4.69, 9.17) is 0 Å². The van der Waals surface area contributed by atoms with Crippen LogP contribution in [0.1, 0.15) is 19.5 Å². The summed E-state index contributed by atoms with van der Waals surface area (Å²) in [4.78, 5) is 11.1. The predicted molar refractivity (Wildman–Crippen MR) is 84.2 cm³/mol. The first kappa shape index (κ1) is 16.0. The minimum absolute atomic E-state index is 0.153. The molecule has 1 aromatic heterocycles. The van der Waals surface area contributed by atoms with Crippen LogP contribution in [0.25, 0.3) is 0 Å². The van der Waals surface area contributed by atoms with Crippen molar-refractivity contribution in [3.8, 4) is 0 Å². The Morgan fingerprint density at radius 2 is 1.82 bits per heavy atom. The maximum absolute atomic E-state index is 12.4. The number of nitrogens with zero attached hydrogens (tertiary/aromatic N) is 2. The summed E-state index contributed by atoms with van der Waals surface area (Å²) in [6, 6.07) is 6.42. The zero-order valence-electron chi connectivity index (χ0n) is 12.6. The van der Waals surface area contributed by atoms with Crippen molar-refractivity contribution >= 4 is 27.3 Å². The second kappa shape index (κ2) is 6.18. The third-order valence-electron chi connectivity index (χ3n) is 2.97. The number of anilines is 2. The van der Waals surface area contributed by atoms with Crippen LogP contribution < -0.4 is 10.0 Å². The zero-order valence-corrected chi connectivity index (χ0v) is 13.4. The number of hydrogen-bond acceptors (Lipinski definition) is 4. The average Bonchev–Trinajstić information content (AvgIpc) is 2.82. The van der Waals surface area contributed by atoms with Crippen LogP contribution in [0.2, 0.25) is 0 Å². The molecule has 0 aliphatic carbocycles. The van der Waals surface area contributed by atoms with Crippen LogP contribution in [0.5, 0.6) is 0 Å². The lowest BCUT2D eigenvalue weighted by Crippen LogP contribution is -2.13. The summed E-state index contributed by atoms with van der Waals surface area (Å²) in [7, 11) is -3.69. The molecular formula is C14H18N4O3S. The Morgan fingerprint density at radius 3 is 2.32 bits per heavy atom. The van der Waals surface area contributed by atoms with Crippen LogP contribution in [0, 0.1) is 6.92 Å². The summed E-state index contributed by atoms with van der Waals surface area (Å²) >= 11 is 0. The van der Waals surface area contributed by atoms with Crippen LogP contribution in [0.15, 0.2) is 35.4 Å². The number of carbonyl (C=O) groups excluding carboxylic acids is 1. The highest BCUT2D eigenvalue weighted by Gasteiger charge is 2.20. The number of hydrogen-bond donors (Lipinski definition) is 2. The van der Waals surface area contributed by atoms with Crippen LogP contribution >= 0.6 is 0 Å². The Hall–Kier alpha value is -2.35. The first-order valence-electron chi connectivity index (χ1n) is 6.76. The number of carbonyl (C=O) groups is 1. The number of benzene rings is 1. The summed E-state index contributed by atoms with van der Waals surface area (Å²) in [6.45, 7) is 5.55. The molecule has 0 fully saturated rings. The van der Waals surface area contributed by atoms with E-state index in [1.54, 1.807) is 35.9 Å². The standard InChI is InChI=1S/C14H18N4O3S/c1-4-18-9-14(10(2)16-18)22(20,21)17-13-7-5-12(6-8-13)15-11(3)19/h5-9,17H,4H2,1-3H3,(H,15,19). The van der Waals surface area contributed by atoms with Crippen molar-refractivity contribution < 1.29 is 13.2 Å². The number of aryl methyl sites for hydroxylation is 2. The summed E-state index contributed by atoms with van der Waals surface area (Å²) in [6.07, 6.45) is 1.50. The van der Waals surface area contributed by atoms with Gasteiger partial charge in [-0.1, -0.05) is 0 Å². The van der Waals surface area contributed by atoms with Crippen molar-refractivity contribution in [1.29, 1.82) is 0 Å². The molecule has 8 heteroatoms. The number of aromatic nitrogens is 2. The second-order valence-corrected chi connectivity index (χ2v) is 6.45. The summed E-state index contributed by atoms with van der Waals surface area (Å²) in [5.74, 6) is -0.184. The number of nitrogens with one attached hydrogen (secondary N) is 2. The van der Waals surface area contributed by atoms with Crippen LogP contribution in [-0.4, -0.2) is 24.1 Å². The largest absolute Gasteiger partial charge is 0.326 e.